The number of rotatable bonds is 4. The Morgan fingerprint density at radius 3 is 2.53 bits per heavy atom. The van der Waals surface area contributed by atoms with Crippen LogP contribution in [0.5, 0.6) is 0 Å². The van der Waals surface area contributed by atoms with Gasteiger partial charge in [-0.2, -0.15) is 11.8 Å². The number of thioether (sulfide) groups is 1. The maximum atomic E-state index is 11.8. The van der Waals surface area contributed by atoms with Crippen molar-refractivity contribution >= 4 is 23.8 Å². The van der Waals surface area contributed by atoms with Crippen LogP contribution in [0.1, 0.15) is 40.0 Å². The van der Waals surface area contributed by atoms with Crippen molar-refractivity contribution in [2.45, 2.75) is 51.3 Å². The number of nitrogens with one attached hydrogen (secondary N) is 2. The van der Waals surface area contributed by atoms with Crippen LogP contribution >= 0.6 is 11.8 Å². The number of carboxylic acid groups (broad SMARTS) is 1. The number of hydrogen-bond acceptors (Lipinski definition) is 3. The number of aliphatic carboxylic acids is 1. The van der Waals surface area contributed by atoms with Gasteiger partial charge in [0.05, 0.1) is 0 Å². The Balaban J connectivity index is 2.38. The first-order valence-corrected chi connectivity index (χ1v) is 7.74. The molecule has 1 saturated heterocycles. The molecule has 0 bridgehead atoms. The van der Waals surface area contributed by atoms with E-state index >= 15 is 0 Å². The minimum absolute atomic E-state index is 0.395. The van der Waals surface area contributed by atoms with Gasteiger partial charge in [-0.3, -0.25) is 0 Å². The van der Waals surface area contributed by atoms with Crippen LogP contribution in [0.3, 0.4) is 0 Å². The molecule has 0 aromatic carbocycles. The highest BCUT2D eigenvalue weighted by Gasteiger charge is 2.32. The van der Waals surface area contributed by atoms with Gasteiger partial charge in [0.2, 0.25) is 0 Å². The van der Waals surface area contributed by atoms with Crippen LogP contribution in [0.15, 0.2) is 0 Å². The van der Waals surface area contributed by atoms with E-state index in [1.54, 1.807) is 20.8 Å². The van der Waals surface area contributed by atoms with E-state index in [0.717, 1.165) is 12.2 Å². The van der Waals surface area contributed by atoms with Crippen LogP contribution in [-0.4, -0.2) is 40.7 Å². The molecule has 1 rings (SSSR count). The molecule has 2 atom stereocenters. The average Bonchev–Trinajstić information content (AvgIpc) is 2.33. The van der Waals surface area contributed by atoms with Gasteiger partial charge in [0.15, 0.2) is 0 Å². The molecule has 0 spiro atoms. The summed E-state index contributed by atoms with van der Waals surface area (Å²) in [4.78, 5) is 22.9. The molecule has 110 valence electrons. The number of carbonyl (C=O) groups is 2. The third-order valence-electron chi connectivity index (χ3n) is 3.15. The smallest absolute Gasteiger partial charge is 0.326 e. The monoisotopic (exact) mass is 288 g/mol. The largest absolute Gasteiger partial charge is 0.480 e. The number of carboxylic acids is 1. The van der Waals surface area contributed by atoms with Gasteiger partial charge in [-0.1, -0.05) is 27.2 Å². The van der Waals surface area contributed by atoms with Crippen molar-refractivity contribution in [2.75, 3.05) is 12.3 Å². The highest BCUT2D eigenvalue weighted by Crippen LogP contribution is 2.24. The van der Waals surface area contributed by atoms with Crippen molar-refractivity contribution in [3.8, 4) is 0 Å². The summed E-state index contributed by atoms with van der Waals surface area (Å²) in [6.45, 7) is 5.99. The normalized spacial score (nSPS) is 21.5. The van der Waals surface area contributed by atoms with Gasteiger partial charge in [-0.25, -0.2) is 9.59 Å². The summed E-state index contributed by atoms with van der Waals surface area (Å²) in [6, 6.07) is -1.28. The average molecular weight is 288 g/mol. The van der Waals surface area contributed by atoms with Gasteiger partial charge in [0, 0.05) is 11.8 Å². The van der Waals surface area contributed by atoms with Gasteiger partial charge in [0.1, 0.15) is 6.04 Å². The third kappa shape index (κ3) is 5.72. The van der Waals surface area contributed by atoms with E-state index in [-0.39, 0.29) is 0 Å². The molecule has 1 fully saturated rings. The molecule has 1 aliphatic rings. The molecule has 1 unspecified atom stereocenters. The molecule has 5 nitrogen and oxygen atoms in total. The Morgan fingerprint density at radius 1 is 1.37 bits per heavy atom. The van der Waals surface area contributed by atoms with E-state index in [1.807, 2.05) is 11.8 Å². The van der Waals surface area contributed by atoms with E-state index < -0.39 is 23.5 Å². The predicted molar refractivity (Wildman–Crippen MR) is 77.5 cm³/mol. The summed E-state index contributed by atoms with van der Waals surface area (Å²) in [5.74, 6) is 0.142. The number of amides is 2. The molecule has 0 aromatic heterocycles. The lowest BCUT2D eigenvalue weighted by atomic mass is 9.87. The second-order valence-corrected chi connectivity index (χ2v) is 7.39. The molecule has 0 aromatic rings. The molecular formula is C13H24N2O3S. The summed E-state index contributed by atoms with van der Waals surface area (Å²) >= 11 is 1.88. The Bertz CT molecular complexity index is 322. The highest BCUT2D eigenvalue weighted by atomic mass is 32.2. The van der Waals surface area contributed by atoms with E-state index in [4.69, 9.17) is 5.11 Å². The summed E-state index contributed by atoms with van der Waals surface area (Å²) in [6.07, 6.45) is 3.58. The Morgan fingerprint density at radius 2 is 2.05 bits per heavy atom. The summed E-state index contributed by atoms with van der Waals surface area (Å²) < 4.78 is 0. The minimum Gasteiger partial charge on any atom is -0.480 e. The van der Waals surface area contributed by atoms with Crippen LogP contribution in [0, 0.1) is 5.41 Å². The first-order valence-electron chi connectivity index (χ1n) is 6.69. The fourth-order valence-electron chi connectivity index (χ4n) is 2.01. The van der Waals surface area contributed by atoms with Crippen LogP contribution < -0.4 is 10.6 Å². The zero-order chi connectivity index (χ0) is 14.5. The third-order valence-corrected chi connectivity index (χ3v) is 4.55. The quantitative estimate of drug-likeness (QED) is 0.740. The van der Waals surface area contributed by atoms with E-state index in [2.05, 4.69) is 10.6 Å². The molecule has 1 aliphatic heterocycles. The Kier molecular flexibility index (Phi) is 5.97. The van der Waals surface area contributed by atoms with Crippen molar-refractivity contribution in [2.24, 2.45) is 5.41 Å². The first kappa shape index (κ1) is 16.1. The van der Waals surface area contributed by atoms with Crippen LogP contribution in [0.25, 0.3) is 0 Å². The maximum absolute atomic E-state index is 11.8. The fourth-order valence-corrected chi connectivity index (χ4v) is 3.24. The number of carbonyl (C=O) groups excluding carboxylic acids is 1. The van der Waals surface area contributed by atoms with E-state index in [0.29, 0.717) is 11.8 Å². The lowest BCUT2D eigenvalue weighted by Crippen LogP contribution is -2.53. The van der Waals surface area contributed by atoms with Crippen LogP contribution in [0.4, 0.5) is 4.79 Å². The zero-order valence-electron chi connectivity index (χ0n) is 11.9. The minimum atomic E-state index is -1.00. The summed E-state index contributed by atoms with van der Waals surface area (Å²) in [5, 5.41) is 14.9. The van der Waals surface area contributed by atoms with Crippen molar-refractivity contribution < 1.29 is 14.7 Å². The van der Waals surface area contributed by atoms with Crippen LogP contribution in [-0.2, 0) is 4.79 Å². The summed E-state index contributed by atoms with van der Waals surface area (Å²) in [5.41, 5.74) is -0.511. The van der Waals surface area contributed by atoms with Crippen molar-refractivity contribution in [3.05, 3.63) is 0 Å². The molecule has 0 saturated carbocycles. The number of hydrogen-bond donors (Lipinski definition) is 3. The molecule has 1 heterocycles. The molecule has 19 heavy (non-hydrogen) atoms. The lowest BCUT2D eigenvalue weighted by molar-refractivity contribution is -0.141. The second kappa shape index (κ2) is 7.03. The van der Waals surface area contributed by atoms with Gasteiger partial charge in [0.25, 0.3) is 0 Å². The van der Waals surface area contributed by atoms with Crippen molar-refractivity contribution in [3.63, 3.8) is 0 Å². The molecule has 0 radical (unpaired) electrons. The molecular weight excluding hydrogens is 264 g/mol. The maximum Gasteiger partial charge on any atom is 0.326 e. The molecule has 2 amide bonds. The predicted octanol–water partition coefficient (Wildman–Crippen LogP) is 2.07. The Labute approximate surface area is 118 Å². The topological polar surface area (TPSA) is 78.4 Å². The van der Waals surface area contributed by atoms with E-state index in [1.165, 1.54) is 12.8 Å². The second-order valence-electron chi connectivity index (χ2n) is 5.98. The van der Waals surface area contributed by atoms with Crippen molar-refractivity contribution in [1.29, 1.82) is 0 Å². The SMILES string of the molecule is CC(C)(C)[C@@H](NC(=O)NCC1CCCCS1)C(=O)O. The highest BCUT2D eigenvalue weighted by molar-refractivity contribution is 7.99. The van der Waals surface area contributed by atoms with Gasteiger partial charge in [-0.15, -0.1) is 0 Å². The summed E-state index contributed by atoms with van der Waals surface area (Å²) in [7, 11) is 0. The number of urea groups is 1. The lowest BCUT2D eigenvalue weighted by Gasteiger charge is -2.28. The Hall–Kier alpha value is -0.910. The van der Waals surface area contributed by atoms with E-state index in [9.17, 15) is 9.59 Å². The molecule has 6 heteroatoms. The first-order chi connectivity index (χ1) is 8.80. The zero-order valence-corrected chi connectivity index (χ0v) is 12.7. The van der Waals surface area contributed by atoms with Gasteiger partial charge < -0.3 is 15.7 Å². The standard InChI is InChI=1S/C13H24N2O3S/c1-13(2,3)10(11(16)17)15-12(18)14-8-9-6-4-5-7-19-9/h9-10H,4-8H2,1-3H3,(H,16,17)(H2,14,15,18)/t9?,10-/m0/s1. The molecule has 0 aliphatic carbocycles. The molecule has 3 N–H and O–H groups in total. The van der Waals surface area contributed by atoms with Crippen molar-refractivity contribution in [1.82, 2.24) is 10.6 Å². The van der Waals surface area contributed by atoms with Gasteiger partial charge in [-0.05, 0) is 24.0 Å². The van der Waals surface area contributed by atoms with Gasteiger partial charge >= 0.3 is 12.0 Å². The fraction of sp³-hybridized carbons (Fsp3) is 0.846. The van der Waals surface area contributed by atoms with Crippen LogP contribution in [0.2, 0.25) is 0 Å².